The van der Waals surface area contributed by atoms with Crippen molar-refractivity contribution in [2.75, 3.05) is 46.6 Å². The lowest BCUT2D eigenvalue weighted by atomic mass is 10.2. The standard InChI is InChI=1S/C14H21NO4.ClH/c1-16-8-9-17-7-6-15-10-12-11-18-13-4-2-3-5-14(13)19-12;/h2-5,12,15H,6-11H2,1H3;1H/t12-;/m0./s1. The summed E-state index contributed by atoms with van der Waals surface area (Å²) in [5.74, 6) is 1.64. The van der Waals surface area contributed by atoms with E-state index in [1.807, 2.05) is 24.3 Å². The summed E-state index contributed by atoms with van der Waals surface area (Å²) in [6, 6.07) is 7.73. The van der Waals surface area contributed by atoms with Crippen LogP contribution in [-0.2, 0) is 9.47 Å². The van der Waals surface area contributed by atoms with Crippen molar-refractivity contribution in [1.82, 2.24) is 5.32 Å². The van der Waals surface area contributed by atoms with Crippen LogP contribution in [0.1, 0.15) is 0 Å². The third-order valence-corrected chi connectivity index (χ3v) is 2.79. The third kappa shape index (κ3) is 5.54. The predicted molar refractivity (Wildman–Crippen MR) is 79.2 cm³/mol. The lowest BCUT2D eigenvalue weighted by molar-refractivity contribution is 0.0662. The first-order chi connectivity index (χ1) is 9.40. The van der Waals surface area contributed by atoms with Crippen molar-refractivity contribution in [3.05, 3.63) is 24.3 Å². The first-order valence-corrected chi connectivity index (χ1v) is 6.56. The molecule has 0 saturated carbocycles. The van der Waals surface area contributed by atoms with Crippen LogP contribution in [0.2, 0.25) is 0 Å². The molecule has 114 valence electrons. The maximum absolute atomic E-state index is 5.83. The van der Waals surface area contributed by atoms with Gasteiger partial charge in [-0.15, -0.1) is 12.4 Å². The van der Waals surface area contributed by atoms with Crippen molar-refractivity contribution in [3.63, 3.8) is 0 Å². The van der Waals surface area contributed by atoms with Crippen molar-refractivity contribution in [1.29, 1.82) is 0 Å². The molecular formula is C14H22ClNO4. The van der Waals surface area contributed by atoms with E-state index in [2.05, 4.69) is 5.32 Å². The molecule has 1 N–H and O–H groups in total. The van der Waals surface area contributed by atoms with Crippen molar-refractivity contribution in [3.8, 4) is 11.5 Å². The molecule has 5 nitrogen and oxygen atoms in total. The van der Waals surface area contributed by atoms with Gasteiger partial charge in [-0.2, -0.15) is 0 Å². The van der Waals surface area contributed by atoms with Crippen LogP contribution >= 0.6 is 12.4 Å². The van der Waals surface area contributed by atoms with E-state index in [9.17, 15) is 0 Å². The number of halogens is 1. The topological polar surface area (TPSA) is 49.0 Å². The molecule has 1 aliphatic rings. The summed E-state index contributed by atoms with van der Waals surface area (Å²) in [4.78, 5) is 0. The molecular weight excluding hydrogens is 282 g/mol. The summed E-state index contributed by atoms with van der Waals surface area (Å²) in [6.45, 7) is 4.07. The molecule has 1 atom stereocenters. The number of fused-ring (bicyclic) bond motifs is 1. The summed E-state index contributed by atoms with van der Waals surface area (Å²) in [5, 5.41) is 3.29. The highest BCUT2D eigenvalue weighted by atomic mass is 35.5. The van der Waals surface area contributed by atoms with Gasteiger partial charge in [0.2, 0.25) is 0 Å². The van der Waals surface area contributed by atoms with E-state index in [-0.39, 0.29) is 18.5 Å². The Morgan fingerprint density at radius 2 is 2.00 bits per heavy atom. The lowest BCUT2D eigenvalue weighted by Gasteiger charge is -2.26. The van der Waals surface area contributed by atoms with Crippen LogP contribution in [0.4, 0.5) is 0 Å². The van der Waals surface area contributed by atoms with Gasteiger partial charge in [-0.3, -0.25) is 0 Å². The third-order valence-electron chi connectivity index (χ3n) is 2.79. The molecule has 0 spiro atoms. The largest absolute Gasteiger partial charge is 0.486 e. The molecule has 2 rings (SSSR count). The molecule has 0 aromatic heterocycles. The van der Waals surface area contributed by atoms with Crippen molar-refractivity contribution >= 4 is 12.4 Å². The van der Waals surface area contributed by atoms with Crippen molar-refractivity contribution in [2.24, 2.45) is 0 Å². The van der Waals surface area contributed by atoms with Crippen LogP contribution in [0.15, 0.2) is 24.3 Å². The zero-order valence-corrected chi connectivity index (χ0v) is 12.5. The van der Waals surface area contributed by atoms with E-state index in [1.54, 1.807) is 7.11 Å². The van der Waals surface area contributed by atoms with E-state index in [0.717, 1.165) is 24.6 Å². The van der Waals surface area contributed by atoms with Crippen LogP contribution in [0.3, 0.4) is 0 Å². The molecule has 0 saturated heterocycles. The fraction of sp³-hybridized carbons (Fsp3) is 0.571. The number of ether oxygens (including phenoxy) is 4. The minimum absolute atomic E-state index is 0. The van der Waals surface area contributed by atoms with E-state index < -0.39 is 0 Å². The Kier molecular flexibility index (Phi) is 8.37. The molecule has 0 aliphatic carbocycles. The second kappa shape index (κ2) is 9.83. The van der Waals surface area contributed by atoms with E-state index in [0.29, 0.717) is 26.4 Å². The Labute approximate surface area is 126 Å². The second-order valence-electron chi connectivity index (χ2n) is 4.31. The molecule has 1 aromatic carbocycles. The summed E-state index contributed by atoms with van der Waals surface area (Å²) in [6.07, 6.45) is 0.0499. The Morgan fingerprint density at radius 3 is 2.80 bits per heavy atom. The number of para-hydroxylation sites is 2. The first kappa shape index (κ1) is 17.0. The number of methoxy groups -OCH3 is 1. The normalized spacial score (nSPS) is 16.6. The predicted octanol–water partition coefficient (Wildman–Crippen LogP) is 1.50. The van der Waals surface area contributed by atoms with Gasteiger partial charge >= 0.3 is 0 Å². The molecule has 1 aromatic rings. The van der Waals surface area contributed by atoms with Gasteiger partial charge in [0.15, 0.2) is 11.5 Å². The minimum atomic E-state index is 0. The van der Waals surface area contributed by atoms with Gasteiger partial charge in [0.1, 0.15) is 12.7 Å². The fourth-order valence-electron chi connectivity index (χ4n) is 1.82. The highest BCUT2D eigenvalue weighted by molar-refractivity contribution is 5.85. The molecule has 0 fully saturated rings. The molecule has 1 heterocycles. The summed E-state index contributed by atoms with van der Waals surface area (Å²) in [5.41, 5.74) is 0. The second-order valence-corrected chi connectivity index (χ2v) is 4.31. The molecule has 6 heteroatoms. The van der Waals surface area contributed by atoms with Crippen LogP contribution in [0.25, 0.3) is 0 Å². The fourth-order valence-corrected chi connectivity index (χ4v) is 1.82. The van der Waals surface area contributed by atoms with Crippen molar-refractivity contribution in [2.45, 2.75) is 6.10 Å². The summed E-state index contributed by atoms with van der Waals surface area (Å²) >= 11 is 0. The first-order valence-electron chi connectivity index (χ1n) is 6.56. The summed E-state index contributed by atoms with van der Waals surface area (Å²) in [7, 11) is 1.67. The molecule has 0 unspecified atom stereocenters. The van der Waals surface area contributed by atoms with Gasteiger partial charge in [0.05, 0.1) is 19.8 Å². The zero-order valence-electron chi connectivity index (χ0n) is 11.7. The molecule has 0 amide bonds. The molecule has 20 heavy (non-hydrogen) atoms. The molecule has 1 aliphatic heterocycles. The minimum Gasteiger partial charge on any atom is -0.486 e. The van der Waals surface area contributed by atoms with Crippen LogP contribution in [-0.4, -0.2) is 52.7 Å². The highest BCUT2D eigenvalue weighted by Gasteiger charge is 2.19. The SMILES string of the molecule is COCCOCCNC[C@H]1COc2ccccc2O1.Cl. The zero-order chi connectivity index (χ0) is 13.3. The van der Waals surface area contributed by atoms with E-state index in [4.69, 9.17) is 18.9 Å². The number of rotatable bonds is 8. The Balaban J connectivity index is 0.00000200. The average Bonchev–Trinajstić information content (AvgIpc) is 2.46. The quantitative estimate of drug-likeness (QED) is 0.738. The maximum Gasteiger partial charge on any atom is 0.161 e. The number of benzene rings is 1. The van der Waals surface area contributed by atoms with Gasteiger partial charge in [0.25, 0.3) is 0 Å². The van der Waals surface area contributed by atoms with Gasteiger partial charge in [0, 0.05) is 20.2 Å². The monoisotopic (exact) mass is 303 g/mol. The Morgan fingerprint density at radius 1 is 1.20 bits per heavy atom. The van der Waals surface area contributed by atoms with E-state index in [1.165, 1.54) is 0 Å². The van der Waals surface area contributed by atoms with Gasteiger partial charge in [-0.05, 0) is 12.1 Å². The van der Waals surface area contributed by atoms with Crippen LogP contribution in [0, 0.1) is 0 Å². The number of hydrogen-bond acceptors (Lipinski definition) is 5. The van der Waals surface area contributed by atoms with Crippen LogP contribution < -0.4 is 14.8 Å². The highest BCUT2D eigenvalue weighted by Crippen LogP contribution is 2.30. The lowest BCUT2D eigenvalue weighted by Crippen LogP contribution is -2.39. The smallest absolute Gasteiger partial charge is 0.161 e. The molecule has 0 radical (unpaired) electrons. The maximum atomic E-state index is 5.83. The summed E-state index contributed by atoms with van der Waals surface area (Å²) < 4.78 is 21.7. The average molecular weight is 304 g/mol. The van der Waals surface area contributed by atoms with Gasteiger partial charge < -0.3 is 24.3 Å². The Bertz CT molecular complexity index is 378. The van der Waals surface area contributed by atoms with Gasteiger partial charge in [-0.1, -0.05) is 12.1 Å². The Hall–Kier alpha value is -1.01. The van der Waals surface area contributed by atoms with Crippen molar-refractivity contribution < 1.29 is 18.9 Å². The van der Waals surface area contributed by atoms with E-state index >= 15 is 0 Å². The molecule has 0 bridgehead atoms. The number of hydrogen-bond donors (Lipinski definition) is 1. The van der Waals surface area contributed by atoms with Crippen LogP contribution in [0.5, 0.6) is 11.5 Å². The van der Waals surface area contributed by atoms with Gasteiger partial charge in [-0.25, -0.2) is 0 Å². The number of nitrogens with one attached hydrogen (secondary N) is 1.